The molecule has 1 unspecified atom stereocenters. The van der Waals surface area contributed by atoms with Crippen molar-refractivity contribution < 1.29 is 13.2 Å². The molecular formula is C12H18N2O3S. The smallest absolute Gasteiger partial charge is 0.240 e. The zero-order chi connectivity index (χ0) is 13.2. The first-order valence-electron chi connectivity index (χ1n) is 5.91. The van der Waals surface area contributed by atoms with Crippen molar-refractivity contribution in [1.29, 1.82) is 0 Å². The number of hydrogen-bond acceptors (Lipinski definition) is 4. The van der Waals surface area contributed by atoms with Crippen LogP contribution in [-0.4, -0.2) is 27.2 Å². The van der Waals surface area contributed by atoms with E-state index in [0.717, 1.165) is 12.8 Å². The van der Waals surface area contributed by atoms with Crippen LogP contribution >= 0.6 is 0 Å². The maximum absolute atomic E-state index is 12.0. The minimum Gasteiger partial charge on any atom is -0.399 e. The van der Waals surface area contributed by atoms with Crippen LogP contribution in [0.5, 0.6) is 0 Å². The van der Waals surface area contributed by atoms with Crippen LogP contribution in [0.1, 0.15) is 19.8 Å². The number of benzene rings is 1. The molecule has 0 radical (unpaired) electrons. The first-order valence-corrected chi connectivity index (χ1v) is 7.39. The lowest BCUT2D eigenvalue weighted by Gasteiger charge is -2.23. The Morgan fingerprint density at radius 3 is 2.61 bits per heavy atom. The van der Waals surface area contributed by atoms with Gasteiger partial charge in [-0.1, -0.05) is 0 Å². The summed E-state index contributed by atoms with van der Waals surface area (Å²) in [7, 11) is -3.49. The van der Waals surface area contributed by atoms with Crippen molar-refractivity contribution in [2.24, 2.45) is 0 Å². The van der Waals surface area contributed by atoms with Gasteiger partial charge in [0.25, 0.3) is 0 Å². The average Bonchev–Trinajstić information content (AvgIpc) is 2.75. The lowest BCUT2D eigenvalue weighted by atomic mass is 10.0. The fraction of sp³-hybridized carbons (Fsp3) is 0.500. The minimum absolute atomic E-state index is 0.221. The normalized spacial score (nSPS) is 24.3. The molecule has 100 valence electrons. The predicted octanol–water partition coefficient (Wildman–Crippen LogP) is 1.12. The van der Waals surface area contributed by atoms with Crippen LogP contribution in [-0.2, 0) is 14.8 Å². The molecule has 1 heterocycles. The molecule has 6 heteroatoms. The third-order valence-corrected chi connectivity index (χ3v) is 4.54. The number of sulfonamides is 1. The Bertz CT molecular complexity index is 505. The zero-order valence-corrected chi connectivity index (χ0v) is 11.2. The van der Waals surface area contributed by atoms with Crippen molar-refractivity contribution in [2.75, 3.05) is 18.9 Å². The quantitative estimate of drug-likeness (QED) is 0.803. The molecule has 18 heavy (non-hydrogen) atoms. The molecule has 0 aromatic heterocycles. The molecule has 0 bridgehead atoms. The van der Waals surface area contributed by atoms with Crippen LogP contribution in [0.25, 0.3) is 0 Å². The van der Waals surface area contributed by atoms with Gasteiger partial charge >= 0.3 is 0 Å². The van der Waals surface area contributed by atoms with E-state index < -0.39 is 10.0 Å². The Hall–Kier alpha value is -1.11. The van der Waals surface area contributed by atoms with Gasteiger partial charge in [-0.2, -0.15) is 0 Å². The summed E-state index contributed by atoms with van der Waals surface area (Å²) < 4.78 is 32.2. The summed E-state index contributed by atoms with van der Waals surface area (Å²) in [5.41, 5.74) is 5.68. The van der Waals surface area contributed by atoms with Crippen LogP contribution in [0.3, 0.4) is 0 Å². The van der Waals surface area contributed by atoms with E-state index in [1.54, 1.807) is 12.1 Å². The Morgan fingerprint density at radius 1 is 1.39 bits per heavy atom. The van der Waals surface area contributed by atoms with Crippen LogP contribution in [0.15, 0.2) is 29.2 Å². The molecule has 1 atom stereocenters. The van der Waals surface area contributed by atoms with Crippen molar-refractivity contribution in [3.8, 4) is 0 Å². The number of rotatable bonds is 4. The molecule has 1 aliphatic rings. The largest absolute Gasteiger partial charge is 0.399 e. The minimum atomic E-state index is -3.49. The number of hydrogen-bond donors (Lipinski definition) is 2. The van der Waals surface area contributed by atoms with E-state index in [0.29, 0.717) is 18.8 Å². The molecule has 3 N–H and O–H groups in total. The highest BCUT2D eigenvalue weighted by molar-refractivity contribution is 7.89. The van der Waals surface area contributed by atoms with Gasteiger partial charge in [0.05, 0.1) is 10.5 Å². The molecule has 1 fully saturated rings. The molecule has 1 aromatic rings. The van der Waals surface area contributed by atoms with E-state index in [-0.39, 0.29) is 10.5 Å². The number of nitrogen functional groups attached to an aromatic ring is 1. The zero-order valence-electron chi connectivity index (χ0n) is 10.3. The molecule has 1 aromatic carbocycles. The van der Waals surface area contributed by atoms with Gasteiger partial charge in [0, 0.05) is 18.8 Å². The Morgan fingerprint density at radius 2 is 2.06 bits per heavy atom. The first kappa shape index (κ1) is 13.3. The third-order valence-electron chi connectivity index (χ3n) is 3.13. The number of nitrogens with two attached hydrogens (primary N) is 1. The Labute approximate surface area is 107 Å². The van der Waals surface area contributed by atoms with Crippen LogP contribution in [0.4, 0.5) is 5.69 Å². The lowest BCUT2D eigenvalue weighted by molar-refractivity contribution is 0.0250. The van der Waals surface area contributed by atoms with E-state index in [4.69, 9.17) is 10.5 Å². The van der Waals surface area contributed by atoms with Crippen molar-refractivity contribution in [3.63, 3.8) is 0 Å². The second-order valence-corrected chi connectivity index (χ2v) is 6.56. The number of nitrogens with one attached hydrogen (secondary N) is 1. The van der Waals surface area contributed by atoms with E-state index in [1.165, 1.54) is 12.1 Å². The molecule has 2 rings (SSSR count). The lowest BCUT2D eigenvalue weighted by Crippen LogP contribution is -2.40. The predicted molar refractivity (Wildman–Crippen MR) is 69.6 cm³/mol. The highest BCUT2D eigenvalue weighted by Crippen LogP contribution is 2.24. The Kier molecular flexibility index (Phi) is 3.61. The summed E-state index contributed by atoms with van der Waals surface area (Å²) in [6, 6.07) is 6.13. The van der Waals surface area contributed by atoms with Gasteiger partial charge in [0.2, 0.25) is 10.0 Å². The maximum atomic E-state index is 12.0. The van der Waals surface area contributed by atoms with Gasteiger partial charge in [-0.15, -0.1) is 0 Å². The van der Waals surface area contributed by atoms with Crippen molar-refractivity contribution in [2.45, 2.75) is 30.3 Å². The molecule has 1 aliphatic heterocycles. The van der Waals surface area contributed by atoms with Gasteiger partial charge in [0.1, 0.15) is 0 Å². The molecule has 0 aliphatic carbocycles. The summed E-state index contributed by atoms with van der Waals surface area (Å²) in [5, 5.41) is 0. The molecule has 0 spiro atoms. The van der Waals surface area contributed by atoms with Crippen LogP contribution in [0.2, 0.25) is 0 Å². The maximum Gasteiger partial charge on any atom is 0.240 e. The highest BCUT2D eigenvalue weighted by atomic mass is 32.2. The summed E-state index contributed by atoms with van der Waals surface area (Å²) in [6.07, 6.45) is 1.84. The summed E-state index contributed by atoms with van der Waals surface area (Å²) in [4.78, 5) is 0.221. The summed E-state index contributed by atoms with van der Waals surface area (Å²) >= 11 is 0. The van der Waals surface area contributed by atoms with Crippen LogP contribution < -0.4 is 10.5 Å². The fourth-order valence-electron chi connectivity index (χ4n) is 1.95. The molecule has 0 saturated carbocycles. The standard InChI is InChI=1S/C12H18N2O3S/c1-12(7-2-8-17-12)9-14-18(15,16)11-5-3-10(13)4-6-11/h3-6,14H,2,7-9,13H2,1H3. The molecule has 0 amide bonds. The number of anilines is 1. The van der Waals surface area contributed by atoms with Crippen molar-refractivity contribution in [1.82, 2.24) is 4.72 Å². The second kappa shape index (κ2) is 4.87. The SMILES string of the molecule is CC1(CNS(=O)(=O)c2ccc(N)cc2)CCCO1. The fourth-order valence-corrected chi connectivity index (χ4v) is 3.11. The Balaban J connectivity index is 2.05. The summed E-state index contributed by atoms with van der Waals surface area (Å²) in [6.45, 7) is 2.91. The van der Waals surface area contributed by atoms with Gasteiger partial charge in [-0.05, 0) is 44.0 Å². The third kappa shape index (κ3) is 3.01. The van der Waals surface area contributed by atoms with Gasteiger partial charge in [0.15, 0.2) is 0 Å². The number of ether oxygens (including phenoxy) is 1. The van der Waals surface area contributed by atoms with Gasteiger partial charge in [-0.25, -0.2) is 13.1 Å². The molecule has 1 saturated heterocycles. The van der Waals surface area contributed by atoms with E-state index in [1.807, 2.05) is 6.92 Å². The van der Waals surface area contributed by atoms with E-state index >= 15 is 0 Å². The molecular weight excluding hydrogens is 252 g/mol. The van der Waals surface area contributed by atoms with E-state index in [9.17, 15) is 8.42 Å². The molecule has 5 nitrogen and oxygen atoms in total. The van der Waals surface area contributed by atoms with Crippen molar-refractivity contribution >= 4 is 15.7 Å². The van der Waals surface area contributed by atoms with Gasteiger partial charge < -0.3 is 10.5 Å². The second-order valence-electron chi connectivity index (χ2n) is 4.80. The topological polar surface area (TPSA) is 81.4 Å². The highest BCUT2D eigenvalue weighted by Gasteiger charge is 2.31. The monoisotopic (exact) mass is 270 g/mol. The van der Waals surface area contributed by atoms with Gasteiger partial charge in [-0.3, -0.25) is 0 Å². The summed E-state index contributed by atoms with van der Waals surface area (Å²) in [5.74, 6) is 0. The first-order chi connectivity index (χ1) is 8.41. The average molecular weight is 270 g/mol. The van der Waals surface area contributed by atoms with Crippen LogP contribution in [0, 0.1) is 0 Å². The van der Waals surface area contributed by atoms with E-state index in [2.05, 4.69) is 4.72 Å². The van der Waals surface area contributed by atoms with Crippen molar-refractivity contribution in [3.05, 3.63) is 24.3 Å².